The number of aromatic carboxylic acids is 1. The molecule has 0 spiro atoms. The van der Waals surface area contributed by atoms with E-state index in [1.807, 2.05) is 0 Å². The van der Waals surface area contributed by atoms with Gasteiger partial charge in [-0.25, -0.2) is 9.59 Å². The molecule has 98 valence electrons. The van der Waals surface area contributed by atoms with Crippen molar-refractivity contribution in [3.8, 4) is 5.75 Å². The number of esters is 1. The van der Waals surface area contributed by atoms with Crippen LogP contribution in [-0.4, -0.2) is 30.3 Å². The number of carboxylic acids is 1. The Morgan fingerprint density at radius 3 is 2.11 bits per heavy atom. The number of carbonyl (C=O) groups is 2. The monoisotopic (exact) mass is 252 g/mol. The fourth-order valence-electron chi connectivity index (χ4n) is 1.65. The first-order valence-electron chi connectivity index (χ1n) is 5.45. The average Bonchev–Trinajstić information content (AvgIpc) is 2.31. The molecule has 1 unspecified atom stereocenters. The Bertz CT molecular complexity index is 455. The zero-order chi connectivity index (χ0) is 13.9. The van der Waals surface area contributed by atoms with Gasteiger partial charge < -0.3 is 14.6 Å². The average molecular weight is 252 g/mol. The lowest BCUT2D eigenvalue weighted by molar-refractivity contribution is -0.147. The van der Waals surface area contributed by atoms with Crippen LogP contribution in [0.1, 0.15) is 28.4 Å². The molecule has 1 atom stereocenters. The lowest BCUT2D eigenvalue weighted by atomic mass is 10.1. The summed E-state index contributed by atoms with van der Waals surface area (Å²) in [7, 11) is 1.29. The van der Waals surface area contributed by atoms with Gasteiger partial charge in [0.1, 0.15) is 5.75 Å². The van der Waals surface area contributed by atoms with E-state index in [1.165, 1.54) is 19.2 Å². The minimum absolute atomic E-state index is 0.197. The second kappa shape index (κ2) is 5.53. The van der Waals surface area contributed by atoms with Gasteiger partial charge in [-0.15, -0.1) is 0 Å². The first-order chi connectivity index (χ1) is 8.36. The maximum atomic E-state index is 11.3. The summed E-state index contributed by atoms with van der Waals surface area (Å²) in [6.45, 7) is 5.05. The highest BCUT2D eigenvalue weighted by atomic mass is 16.6. The molecular formula is C13H16O5. The third-order valence-electron chi connectivity index (χ3n) is 2.54. The lowest BCUT2D eigenvalue weighted by Gasteiger charge is -2.17. The van der Waals surface area contributed by atoms with Crippen LogP contribution in [-0.2, 0) is 9.53 Å². The third kappa shape index (κ3) is 3.00. The van der Waals surface area contributed by atoms with E-state index in [1.54, 1.807) is 20.8 Å². The number of hydrogen-bond acceptors (Lipinski definition) is 4. The molecule has 18 heavy (non-hydrogen) atoms. The Labute approximate surface area is 105 Å². The van der Waals surface area contributed by atoms with Gasteiger partial charge in [0.2, 0.25) is 0 Å². The molecule has 0 saturated heterocycles. The summed E-state index contributed by atoms with van der Waals surface area (Å²) in [4.78, 5) is 22.2. The SMILES string of the molecule is COC(=O)C(C)Oc1c(C)cc(C(=O)O)cc1C. The Balaban J connectivity index is 3.04. The molecular weight excluding hydrogens is 236 g/mol. The molecule has 0 saturated carbocycles. The molecule has 0 aliphatic rings. The fraction of sp³-hybridized carbons (Fsp3) is 0.385. The van der Waals surface area contributed by atoms with Gasteiger partial charge >= 0.3 is 11.9 Å². The zero-order valence-electron chi connectivity index (χ0n) is 10.8. The van der Waals surface area contributed by atoms with E-state index >= 15 is 0 Å². The number of carboxylic acid groups (broad SMARTS) is 1. The van der Waals surface area contributed by atoms with E-state index in [0.717, 1.165) is 0 Å². The molecule has 1 rings (SSSR count). The lowest BCUT2D eigenvalue weighted by Crippen LogP contribution is -2.25. The molecule has 0 aliphatic carbocycles. The topological polar surface area (TPSA) is 72.8 Å². The van der Waals surface area contributed by atoms with Crippen molar-refractivity contribution >= 4 is 11.9 Å². The maximum Gasteiger partial charge on any atom is 0.346 e. The highest BCUT2D eigenvalue weighted by molar-refractivity contribution is 5.88. The van der Waals surface area contributed by atoms with Crippen LogP contribution in [0.4, 0.5) is 0 Å². The fourth-order valence-corrected chi connectivity index (χ4v) is 1.65. The van der Waals surface area contributed by atoms with Crippen molar-refractivity contribution in [1.82, 2.24) is 0 Å². The molecule has 0 bridgehead atoms. The predicted molar refractivity (Wildman–Crippen MR) is 65.0 cm³/mol. The molecule has 0 radical (unpaired) electrons. The Kier molecular flexibility index (Phi) is 4.31. The quantitative estimate of drug-likeness (QED) is 0.829. The maximum absolute atomic E-state index is 11.3. The van der Waals surface area contributed by atoms with E-state index < -0.39 is 18.0 Å². The Morgan fingerprint density at radius 2 is 1.72 bits per heavy atom. The van der Waals surface area contributed by atoms with Gasteiger partial charge in [0, 0.05) is 0 Å². The van der Waals surface area contributed by atoms with Gasteiger partial charge in [-0.2, -0.15) is 0 Å². The van der Waals surface area contributed by atoms with Crippen molar-refractivity contribution in [3.05, 3.63) is 28.8 Å². The largest absolute Gasteiger partial charge is 0.478 e. The van der Waals surface area contributed by atoms with E-state index in [-0.39, 0.29) is 5.56 Å². The van der Waals surface area contributed by atoms with Crippen molar-refractivity contribution in [3.63, 3.8) is 0 Å². The Hall–Kier alpha value is -2.04. The minimum atomic E-state index is -0.992. The number of carbonyl (C=O) groups excluding carboxylic acids is 1. The normalized spacial score (nSPS) is 11.8. The van der Waals surface area contributed by atoms with Crippen LogP contribution in [0.3, 0.4) is 0 Å². The van der Waals surface area contributed by atoms with Crippen LogP contribution in [0, 0.1) is 13.8 Å². The summed E-state index contributed by atoms with van der Waals surface area (Å²) in [5.41, 5.74) is 1.54. The van der Waals surface area contributed by atoms with Gasteiger partial charge in [0.05, 0.1) is 12.7 Å². The molecule has 0 amide bonds. The van der Waals surface area contributed by atoms with E-state index in [2.05, 4.69) is 4.74 Å². The Morgan fingerprint density at radius 1 is 1.22 bits per heavy atom. The summed E-state index contributed by atoms with van der Waals surface area (Å²) in [6, 6.07) is 3.02. The number of ether oxygens (including phenoxy) is 2. The second-order valence-corrected chi connectivity index (χ2v) is 4.03. The number of methoxy groups -OCH3 is 1. The van der Waals surface area contributed by atoms with E-state index in [0.29, 0.717) is 16.9 Å². The highest BCUT2D eigenvalue weighted by Crippen LogP contribution is 2.26. The van der Waals surface area contributed by atoms with Crippen LogP contribution in [0.25, 0.3) is 0 Å². The van der Waals surface area contributed by atoms with Crippen LogP contribution < -0.4 is 4.74 Å². The molecule has 0 aromatic heterocycles. The molecule has 0 aliphatic heterocycles. The zero-order valence-corrected chi connectivity index (χ0v) is 10.8. The predicted octanol–water partition coefficient (Wildman–Crippen LogP) is 1.94. The van der Waals surface area contributed by atoms with Crippen molar-refractivity contribution < 1.29 is 24.2 Å². The third-order valence-corrected chi connectivity index (χ3v) is 2.54. The summed E-state index contributed by atoms with van der Waals surface area (Å²) in [5.74, 6) is -0.956. The van der Waals surface area contributed by atoms with Crippen LogP contribution in [0.2, 0.25) is 0 Å². The van der Waals surface area contributed by atoms with E-state index in [9.17, 15) is 9.59 Å². The van der Waals surface area contributed by atoms with Crippen molar-refractivity contribution in [2.24, 2.45) is 0 Å². The van der Waals surface area contributed by atoms with E-state index in [4.69, 9.17) is 9.84 Å². The van der Waals surface area contributed by atoms with Crippen molar-refractivity contribution in [2.45, 2.75) is 26.9 Å². The molecule has 0 fully saturated rings. The highest BCUT2D eigenvalue weighted by Gasteiger charge is 2.18. The van der Waals surface area contributed by atoms with Crippen LogP contribution in [0.5, 0.6) is 5.75 Å². The standard InChI is InChI=1S/C13H16O5/c1-7-5-10(12(14)15)6-8(2)11(7)18-9(3)13(16)17-4/h5-6,9H,1-4H3,(H,14,15). The minimum Gasteiger partial charge on any atom is -0.478 e. The van der Waals surface area contributed by atoms with Crippen LogP contribution >= 0.6 is 0 Å². The van der Waals surface area contributed by atoms with Gasteiger partial charge in [0.25, 0.3) is 0 Å². The molecule has 1 N–H and O–H groups in total. The number of benzene rings is 1. The van der Waals surface area contributed by atoms with Gasteiger partial charge in [-0.3, -0.25) is 0 Å². The van der Waals surface area contributed by atoms with Gasteiger partial charge in [0.15, 0.2) is 6.10 Å². The number of hydrogen-bond donors (Lipinski definition) is 1. The summed E-state index contributed by atoms with van der Waals surface area (Å²) in [6.07, 6.45) is -0.733. The molecule has 5 nitrogen and oxygen atoms in total. The van der Waals surface area contributed by atoms with Crippen LogP contribution in [0.15, 0.2) is 12.1 Å². The number of aryl methyl sites for hydroxylation is 2. The summed E-state index contributed by atoms with van der Waals surface area (Å²) < 4.78 is 10.1. The van der Waals surface area contributed by atoms with Gasteiger partial charge in [-0.05, 0) is 44.0 Å². The smallest absolute Gasteiger partial charge is 0.346 e. The second-order valence-electron chi connectivity index (χ2n) is 4.03. The molecule has 0 heterocycles. The van der Waals surface area contributed by atoms with Crippen molar-refractivity contribution in [2.75, 3.05) is 7.11 Å². The first-order valence-corrected chi connectivity index (χ1v) is 5.45. The molecule has 1 aromatic rings. The summed E-state index contributed by atoms with van der Waals surface area (Å²) in [5, 5.41) is 8.92. The number of rotatable bonds is 4. The first kappa shape index (κ1) is 14.0. The summed E-state index contributed by atoms with van der Waals surface area (Å²) >= 11 is 0. The van der Waals surface area contributed by atoms with Gasteiger partial charge in [-0.1, -0.05) is 0 Å². The molecule has 5 heteroatoms. The molecule has 1 aromatic carbocycles. The van der Waals surface area contributed by atoms with Crippen molar-refractivity contribution in [1.29, 1.82) is 0 Å².